The fraction of sp³-hybridized carbons (Fsp3) is 0.400. The topological polar surface area (TPSA) is 26.0 Å². The van der Waals surface area contributed by atoms with Gasteiger partial charge in [0.15, 0.2) is 0 Å². The highest BCUT2D eigenvalue weighted by Crippen LogP contribution is 2.29. The second-order valence-corrected chi connectivity index (χ2v) is 4.05. The molecule has 13 heavy (non-hydrogen) atoms. The number of nitrogens with two attached hydrogens (primary N) is 1. The summed E-state index contributed by atoms with van der Waals surface area (Å²) in [5.41, 5.74) is 6.75. The predicted octanol–water partition coefficient (Wildman–Crippen LogP) is 2.58. The Morgan fingerprint density at radius 3 is 2.62 bits per heavy atom. The van der Waals surface area contributed by atoms with Crippen molar-refractivity contribution in [1.82, 2.24) is 0 Å². The minimum atomic E-state index is -0.197. The Bertz CT molecular complexity index is 275. The van der Waals surface area contributed by atoms with Crippen LogP contribution < -0.4 is 5.73 Å². The molecule has 2 unspecified atom stereocenters. The first-order chi connectivity index (χ1) is 6.15. The second-order valence-electron chi connectivity index (χ2n) is 3.07. The van der Waals surface area contributed by atoms with Gasteiger partial charge >= 0.3 is 0 Å². The lowest BCUT2D eigenvalue weighted by molar-refractivity contribution is 0.622. The molecule has 0 radical (unpaired) electrons. The van der Waals surface area contributed by atoms with Crippen molar-refractivity contribution in [2.24, 2.45) is 5.73 Å². The highest BCUT2D eigenvalue weighted by atomic mass is 32.2. The van der Waals surface area contributed by atoms with Crippen LogP contribution in [0.15, 0.2) is 24.3 Å². The molecule has 0 heterocycles. The van der Waals surface area contributed by atoms with E-state index < -0.39 is 0 Å². The summed E-state index contributed by atoms with van der Waals surface area (Å²) in [7, 11) is 0. The Labute approximate surface area is 82.5 Å². The van der Waals surface area contributed by atoms with Gasteiger partial charge in [0, 0.05) is 11.3 Å². The first-order valence-electron chi connectivity index (χ1n) is 4.19. The van der Waals surface area contributed by atoms with Gasteiger partial charge in [-0.05, 0) is 30.9 Å². The molecule has 0 aliphatic rings. The maximum Gasteiger partial charge on any atom is 0.123 e. The van der Waals surface area contributed by atoms with Crippen LogP contribution >= 0.6 is 11.8 Å². The Balaban J connectivity index is 2.91. The van der Waals surface area contributed by atoms with E-state index in [4.69, 9.17) is 5.73 Å². The molecule has 1 aromatic carbocycles. The van der Waals surface area contributed by atoms with E-state index >= 15 is 0 Å². The standard InChI is InChI=1S/C10H14FNS/c1-7(12)10(13-2)8-4-3-5-9(11)6-8/h3-7,10H,12H2,1-2H3. The number of benzene rings is 1. The molecule has 0 spiro atoms. The summed E-state index contributed by atoms with van der Waals surface area (Å²) in [5, 5.41) is 0.177. The highest BCUT2D eigenvalue weighted by molar-refractivity contribution is 7.98. The fourth-order valence-corrected chi connectivity index (χ4v) is 2.19. The molecule has 0 saturated heterocycles. The lowest BCUT2D eigenvalue weighted by atomic mass is 10.1. The van der Waals surface area contributed by atoms with E-state index in [9.17, 15) is 4.39 Å². The molecule has 1 aromatic rings. The summed E-state index contributed by atoms with van der Waals surface area (Å²) in [6.07, 6.45) is 1.99. The van der Waals surface area contributed by atoms with E-state index in [0.29, 0.717) is 0 Å². The van der Waals surface area contributed by atoms with E-state index in [1.165, 1.54) is 6.07 Å². The van der Waals surface area contributed by atoms with E-state index in [-0.39, 0.29) is 17.1 Å². The number of halogens is 1. The Hall–Kier alpha value is -0.540. The Morgan fingerprint density at radius 2 is 2.15 bits per heavy atom. The van der Waals surface area contributed by atoms with Crippen LogP contribution in [-0.4, -0.2) is 12.3 Å². The van der Waals surface area contributed by atoms with Crippen molar-refractivity contribution in [2.75, 3.05) is 6.26 Å². The maximum absolute atomic E-state index is 12.9. The Morgan fingerprint density at radius 1 is 1.46 bits per heavy atom. The maximum atomic E-state index is 12.9. The third kappa shape index (κ3) is 2.71. The zero-order chi connectivity index (χ0) is 9.84. The van der Waals surface area contributed by atoms with Crippen molar-refractivity contribution in [3.05, 3.63) is 35.6 Å². The van der Waals surface area contributed by atoms with Crippen molar-refractivity contribution < 1.29 is 4.39 Å². The van der Waals surface area contributed by atoms with Crippen LogP contribution in [0.1, 0.15) is 17.7 Å². The molecule has 0 saturated carbocycles. The van der Waals surface area contributed by atoms with Crippen molar-refractivity contribution in [3.8, 4) is 0 Å². The molecular weight excluding hydrogens is 185 g/mol. The van der Waals surface area contributed by atoms with E-state index in [2.05, 4.69) is 0 Å². The molecule has 1 nitrogen and oxygen atoms in total. The van der Waals surface area contributed by atoms with Crippen LogP contribution in [0.5, 0.6) is 0 Å². The monoisotopic (exact) mass is 199 g/mol. The molecule has 2 N–H and O–H groups in total. The molecule has 0 bridgehead atoms. The minimum absolute atomic E-state index is 0.0387. The van der Waals surface area contributed by atoms with Gasteiger partial charge in [-0.2, -0.15) is 11.8 Å². The molecule has 0 aliphatic carbocycles. The van der Waals surface area contributed by atoms with Crippen molar-refractivity contribution in [2.45, 2.75) is 18.2 Å². The zero-order valence-electron chi connectivity index (χ0n) is 7.83. The van der Waals surface area contributed by atoms with Gasteiger partial charge in [-0.3, -0.25) is 0 Å². The molecule has 0 aromatic heterocycles. The number of hydrogen-bond donors (Lipinski definition) is 1. The lowest BCUT2D eigenvalue weighted by Crippen LogP contribution is -2.22. The van der Waals surface area contributed by atoms with Crippen LogP contribution in [0.4, 0.5) is 4.39 Å². The van der Waals surface area contributed by atoms with Crippen LogP contribution in [0.25, 0.3) is 0 Å². The minimum Gasteiger partial charge on any atom is -0.327 e. The summed E-state index contributed by atoms with van der Waals surface area (Å²) in [6, 6.07) is 6.66. The van der Waals surface area contributed by atoms with Gasteiger partial charge in [-0.1, -0.05) is 12.1 Å². The van der Waals surface area contributed by atoms with Gasteiger partial charge < -0.3 is 5.73 Å². The highest BCUT2D eigenvalue weighted by Gasteiger charge is 2.14. The quantitative estimate of drug-likeness (QED) is 0.809. The van der Waals surface area contributed by atoms with E-state index in [1.54, 1.807) is 23.9 Å². The summed E-state index contributed by atoms with van der Waals surface area (Å²) >= 11 is 1.65. The predicted molar refractivity (Wildman–Crippen MR) is 56.3 cm³/mol. The van der Waals surface area contributed by atoms with Gasteiger partial charge in [0.25, 0.3) is 0 Å². The molecular formula is C10H14FNS. The van der Waals surface area contributed by atoms with Crippen molar-refractivity contribution in [3.63, 3.8) is 0 Å². The van der Waals surface area contributed by atoms with E-state index in [1.807, 2.05) is 19.2 Å². The molecule has 1 rings (SSSR count). The number of hydrogen-bond acceptors (Lipinski definition) is 2. The molecule has 2 atom stereocenters. The average Bonchev–Trinajstić information content (AvgIpc) is 2.04. The number of rotatable bonds is 3. The van der Waals surface area contributed by atoms with Gasteiger partial charge in [0.2, 0.25) is 0 Å². The SMILES string of the molecule is CSC(c1cccc(F)c1)C(C)N. The first-order valence-corrected chi connectivity index (χ1v) is 5.47. The van der Waals surface area contributed by atoms with Crippen LogP contribution in [0, 0.1) is 5.82 Å². The third-order valence-corrected chi connectivity index (χ3v) is 3.12. The molecule has 0 fully saturated rings. The van der Waals surface area contributed by atoms with Crippen LogP contribution in [0.2, 0.25) is 0 Å². The molecule has 72 valence electrons. The number of thioether (sulfide) groups is 1. The first kappa shape index (κ1) is 10.5. The molecule has 0 aliphatic heterocycles. The normalized spacial score (nSPS) is 15.4. The van der Waals surface area contributed by atoms with E-state index in [0.717, 1.165) is 5.56 Å². The molecule has 0 amide bonds. The van der Waals surface area contributed by atoms with Crippen LogP contribution in [0.3, 0.4) is 0 Å². The molecule has 3 heteroatoms. The smallest absolute Gasteiger partial charge is 0.123 e. The average molecular weight is 199 g/mol. The summed E-state index contributed by atoms with van der Waals surface area (Å²) in [6.45, 7) is 1.94. The second kappa shape index (κ2) is 4.63. The summed E-state index contributed by atoms with van der Waals surface area (Å²) in [4.78, 5) is 0. The van der Waals surface area contributed by atoms with Crippen LogP contribution in [-0.2, 0) is 0 Å². The van der Waals surface area contributed by atoms with Gasteiger partial charge in [-0.25, -0.2) is 4.39 Å². The van der Waals surface area contributed by atoms with Crippen molar-refractivity contribution in [1.29, 1.82) is 0 Å². The van der Waals surface area contributed by atoms with Gasteiger partial charge in [-0.15, -0.1) is 0 Å². The van der Waals surface area contributed by atoms with Gasteiger partial charge in [0.05, 0.1) is 0 Å². The lowest BCUT2D eigenvalue weighted by Gasteiger charge is -2.18. The van der Waals surface area contributed by atoms with Crippen molar-refractivity contribution >= 4 is 11.8 Å². The Kier molecular flexibility index (Phi) is 3.75. The largest absolute Gasteiger partial charge is 0.327 e. The van der Waals surface area contributed by atoms with Gasteiger partial charge in [0.1, 0.15) is 5.82 Å². The summed E-state index contributed by atoms with van der Waals surface area (Å²) < 4.78 is 12.9. The third-order valence-electron chi connectivity index (χ3n) is 1.91. The zero-order valence-corrected chi connectivity index (χ0v) is 8.64. The fourth-order valence-electron chi connectivity index (χ4n) is 1.34. The summed E-state index contributed by atoms with van der Waals surface area (Å²) in [5.74, 6) is -0.197.